The first-order chi connectivity index (χ1) is 14.0. The first kappa shape index (κ1) is 18.2. The lowest BCUT2D eigenvalue weighted by atomic mass is 9.87. The zero-order chi connectivity index (χ0) is 20.3. The van der Waals surface area contributed by atoms with Crippen molar-refractivity contribution < 1.29 is 23.7 Å². The van der Waals surface area contributed by atoms with E-state index in [0.29, 0.717) is 35.6 Å². The number of benzene rings is 1. The van der Waals surface area contributed by atoms with Crippen LogP contribution in [0.3, 0.4) is 0 Å². The van der Waals surface area contributed by atoms with Crippen molar-refractivity contribution in [1.29, 1.82) is 0 Å². The number of aliphatic hydroxyl groups excluding tert-OH is 2. The second kappa shape index (κ2) is 6.58. The molecule has 0 amide bonds. The molecule has 5 atom stereocenters. The third kappa shape index (κ3) is 2.73. The Labute approximate surface area is 163 Å². The van der Waals surface area contributed by atoms with Crippen molar-refractivity contribution in [1.82, 2.24) is 19.5 Å². The highest BCUT2D eigenvalue weighted by Crippen LogP contribution is 2.42. The molecule has 2 aliphatic rings. The third-order valence-electron chi connectivity index (χ3n) is 5.54. The van der Waals surface area contributed by atoms with Gasteiger partial charge < -0.3 is 26.0 Å². The van der Waals surface area contributed by atoms with Gasteiger partial charge in [0.2, 0.25) is 5.95 Å². The number of hydrogen-bond acceptors (Lipinski definition) is 8. The van der Waals surface area contributed by atoms with Crippen LogP contribution in [0.5, 0.6) is 0 Å². The Morgan fingerprint density at radius 3 is 2.79 bits per heavy atom. The number of nitrogens with two attached hydrogens (primary N) is 1. The van der Waals surface area contributed by atoms with E-state index in [-0.39, 0.29) is 5.82 Å². The monoisotopic (exact) mass is 404 g/mol. The van der Waals surface area contributed by atoms with Crippen LogP contribution in [0.25, 0.3) is 11.2 Å². The van der Waals surface area contributed by atoms with Crippen molar-refractivity contribution >= 4 is 22.9 Å². The fourth-order valence-corrected chi connectivity index (χ4v) is 4.13. The van der Waals surface area contributed by atoms with Crippen molar-refractivity contribution in [2.24, 2.45) is 0 Å². The van der Waals surface area contributed by atoms with E-state index in [1.165, 1.54) is 17.0 Å². The molecule has 1 fully saturated rings. The van der Waals surface area contributed by atoms with Crippen LogP contribution in [-0.2, 0) is 4.74 Å². The van der Waals surface area contributed by atoms with Gasteiger partial charge in [0.05, 0.1) is 6.10 Å². The first-order valence-electron chi connectivity index (χ1n) is 9.14. The van der Waals surface area contributed by atoms with Crippen molar-refractivity contribution in [2.75, 3.05) is 17.6 Å². The second-order valence-electron chi connectivity index (χ2n) is 7.20. The highest BCUT2D eigenvalue weighted by Gasteiger charge is 2.49. The molecule has 5 N–H and O–H groups in total. The molecular formula is C18H18F2N6O3. The number of nitrogens with zero attached hydrogens (tertiary/aromatic N) is 4. The lowest BCUT2D eigenvalue weighted by molar-refractivity contribution is -0.0413. The molecule has 0 unspecified atom stereocenters. The lowest BCUT2D eigenvalue weighted by Gasteiger charge is -2.26. The molecule has 9 nitrogen and oxygen atoms in total. The number of hydrogen-bond donors (Lipinski definition) is 4. The number of ether oxygens (including phenoxy) is 1. The van der Waals surface area contributed by atoms with E-state index in [1.807, 2.05) is 0 Å². The molecule has 0 radical (unpaired) electrons. The first-order valence-corrected chi connectivity index (χ1v) is 9.14. The maximum absolute atomic E-state index is 13.8. The maximum Gasteiger partial charge on any atom is 0.207 e. The summed E-state index contributed by atoms with van der Waals surface area (Å²) in [5, 5.41) is 24.6. The summed E-state index contributed by atoms with van der Waals surface area (Å²) in [6.07, 6.45) is -2.69. The Balaban J connectivity index is 1.60. The van der Waals surface area contributed by atoms with E-state index in [2.05, 4.69) is 20.3 Å². The number of rotatable bonds is 1. The average molecular weight is 404 g/mol. The maximum atomic E-state index is 13.8. The van der Waals surface area contributed by atoms with Crippen LogP contribution in [0, 0.1) is 11.6 Å². The molecule has 152 valence electrons. The lowest BCUT2D eigenvalue weighted by Crippen LogP contribution is -2.36. The molecule has 3 aromatic rings. The second-order valence-corrected chi connectivity index (χ2v) is 7.20. The zero-order valence-electron chi connectivity index (χ0n) is 15.0. The number of aliphatic hydroxyl groups is 2. The summed E-state index contributed by atoms with van der Waals surface area (Å²) >= 11 is 0. The minimum absolute atomic E-state index is 0.179. The average Bonchev–Trinajstić information content (AvgIpc) is 3.22. The summed E-state index contributed by atoms with van der Waals surface area (Å²) in [6.45, 7) is 0.399. The number of fused-ring (bicyclic) bond motifs is 6. The minimum atomic E-state index is -1.29. The summed E-state index contributed by atoms with van der Waals surface area (Å²) in [7, 11) is 0. The number of nitrogens with one attached hydrogen (secondary N) is 1. The molecule has 2 bridgehead atoms. The largest absolute Gasteiger partial charge is 0.387 e. The topological polar surface area (TPSA) is 131 Å². The van der Waals surface area contributed by atoms with Crippen LogP contribution in [0.15, 0.2) is 24.5 Å². The molecule has 1 saturated heterocycles. The molecule has 0 saturated carbocycles. The fourth-order valence-electron chi connectivity index (χ4n) is 4.13. The van der Waals surface area contributed by atoms with Gasteiger partial charge in [-0.2, -0.15) is 0 Å². The van der Waals surface area contributed by atoms with E-state index >= 15 is 0 Å². The van der Waals surface area contributed by atoms with E-state index in [9.17, 15) is 19.0 Å². The van der Waals surface area contributed by atoms with Crippen LogP contribution in [0.2, 0.25) is 0 Å². The van der Waals surface area contributed by atoms with Crippen LogP contribution in [0.1, 0.15) is 24.1 Å². The van der Waals surface area contributed by atoms with Crippen LogP contribution in [0.4, 0.5) is 20.5 Å². The molecule has 11 heteroatoms. The SMILES string of the molecule is Nc1ncnc2c1nc1n2[C@@H]2O[C@@H]([C@@H](O)[C@H]2O)[C@@H](c2ccc(F)c(F)c2)CCN1. The normalized spacial score (nSPS) is 29.0. The van der Waals surface area contributed by atoms with Crippen molar-refractivity contribution in [3.05, 3.63) is 41.7 Å². The highest BCUT2D eigenvalue weighted by molar-refractivity contribution is 5.84. The van der Waals surface area contributed by atoms with Gasteiger partial charge in [-0.3, -0.25) is 4.57 Å². The van der Waals surface area contributed by atoms with E-state index in [1.54, 1.807) is 0 Å². The van der Waals surface area contributed by atoms with Crippen molar-refractivity contribution in [2.45, 2.75) is 36.9 Å². The number of nitrogen functional groups attached to an aromatic ring is 1. The molecule has 2 aliphatic heterocycles. The van der Waals surface area contributed by atoms with Gasteiger partial charge in [0.25, 0.3) is 0 Å². The molecular weight excluding hydrogens is 386 g/mol. The Bertz CT molecular complexity index is 1090. The van der Waals surface area contributed by atoms with E-state index < -0.39 is 42.1 Å². The van der Waals surface area contributed by atoms with Crippen LogP contribution < -0.4 is 11.1 Å². The number of imidazole rings is 1. The van der Waals surface area contributed by atoms with Gasteiger partial charge >= 0.3 is 0 Å². The van der Waals surface area contributed by atoms with E-state index in [4.69, 9.17) is 10.5 Å². The van der Waals surface area contributed by atoms with Gasteiger partial charge in [-0.1, -0.05) is 6.07 Å². The van der Waals surface area contributed by atoms with E-state index in [0.717, 1.165) is 12.1 Å². The quantitative estimate of drug-likeness (QED) is 0.471. The Morgan fingerprint density at radius 2 is 2.00 bits per heavy atom. The standard InChI is InChI=1S/C18H18F2N6O3/c19-9-2-1-7(5-10(9)20)8-3-4-22-18-25-11-15(21)23-6-24-16(11)26(18)17-13(28)12(27)14(8)29-17/h1-2,5-6,8,12-14,17,27-28H,3-4H2,(H,22,25)(H2,21,23,24)/t8-,12+,13-,14-,17-/m1/s1. The summed E-state index contributed by atoms with van der Waals surface area (Å²) in [4.78, 5) is 12.5. The molecule has 4 heterocycles. The minimum Gasteiger partial charge on any atom is -0.387 e. The molecule has 0 aliphatic carbocycles. The van der Waals surface area contributed by atoms with Crippen LogP contribution >= 0.6 is 0 Å². The van der Waals surface area contributed by atoms with Crippen molar-refractivity contribution in [3.63, 3.8) is 0 Å². The number of halogens is 2. The Kier molecular flexibility index (Phi) is 4.12. The third-order valence-corrected chi connectivity index (χ3v) is 5.54. The Morgan fingerprint density at radius 1 is 1.17 bits per heavy atom. The van der Waals surface area contributed by atoms with Gasteiger partial charge in [0.1, 0.15) is 18.5 Å². The summed E-state index contributed by atoms with van der Waals surface area (Å²) in [5.74, 6) is -1.88. The summed E-state index contributed by atoms with van der Waals surface area (Å²) in [5.41, 5.74) is 7.06. The summed E-state index contributed by atoms with van der Waals surface area (Å²) < 4.78 is 34.8. The zero-order valence-corrected chi connectivity index (χ0v) is 15.0. The van der Waals surface area contributed by atoms with Gasteiger partial charge in [0.15, 0.2) is 34.8 Å². The highest BCUT2D eigenvalue weighted by atomic mass is 19.2. The van der Waals surface area contributed by atoms with Crippen molar-refractivity contribution in [3.8, 4) is 0 Å². The number of aromatic nitrogens is 4. The smallest absolute Gasteiger partial charge is 0.207 e. The van der Waals surface area contributed by atoms with Gasteiger partial charge in [0, 0.05) is 12.5 Å². The molecule has 2 aromatic heterocycles. The molecule has 29 heavy (non-hydrogen) atoms. The summed E-state index contributed by atoms with van der Waals surface area (Å²) in [6, 6.07) is 3.59. The fraction of sp³-hybridized carbons (Fsp3) is 0.389. The van der Waals surface area contributed by atoms with Gasteiger partial charge in [-0.15, -0.1) is 0 Å². The van der Waals surface area contributed by atoms with Crippen LogP contribution in [-0.4, -0.2) is 54.6 Å². The Hall–Kier alpha value is -2.89. The molecule has 0 spiro atoms. The molecule has 5 rings (SSSR count). The predicted molar refractivity (Wildman–Crippen MR) is 97.9 cm³/mol. The number of anilines is 2. The molecule has 1 aromatic carbocycles. The predicted octanol–water partition coefficient (Wildman–Crippen LogP) is 0.905. The van der Waals surface area contributed by atoms with Gasteiger partial charge in [-0.05, 0) is 24.1 Å². The van der Waals surface area contributed by atoms with Gasteiger partial charge in [-0.25, -0.2) is 23.7 Å².